The van der Waals surface area contributed by atoms with Crippen LogP contribution in [-0.2, 0) is 32.6 Å². The second kappa shape index (κ2) is 15.2. The van der Waals surface area contributed by atoms with Crippen LogP contribution in [0.3, 0.4) is 0 Å². The summed E-state index contributed by atoms with van der Waals surface area (Å²) in [6, 6.07) is 29.9. The Morgan fingerprint density at radius 1 is 0.773 bits per heavy atom. The number of nitrogens with one attached hydrogen (secondary N) is 1. The second-order valence-corrected chi connectivity index (χ2v) is 13.5. The summed E-state index contributed by atoms with van der Waals surface area (Å²) in [5, 5.41) is 3.67. The maximum absolute atomic E-state index is 14.4. The van der Waals surface area contributed by atoms with Gasteiger partial charge in [0.1, 0.15) is 12.6 Å². The van der Waals surface area contributed by atoms with Gasteiger partial charge in [0, 0.05) is 29.6 Å². The number of carbonyl (C=O) groups excluding carboxylic acids is 2. The Labute approximate surface area is 269 Å². The van der Waals surface area contributed by atoms with Crippen LogP contribution in [0.25, 0.3) is 0 Å². The van der Waals surface area contributed by atoms with Gasteiger partial charge >= 0.3 is 0 Å². The molecule has 7 nitrogen and oxygen atoms in total. The van der Waals surface area contributed by atoms with Crippen molar-refractivity contribution in [3.63, 3.8) is 0 Å². The number of sulfonamides is 1. The minimum Gasteiger partial charge on any atom is -0.354 e. The molecule has 0 fully saturated rings. The molecule has 0 radical (unpaired) electrons. The number of rotatable bonds is 13. The minimum atomic E-state index is -4.25. The molecular formula is C34H35Cl2N3O4S. The van der Waals surface area contributed by atoms with Crippen LogP contribution in [0.15, 0.2) is 114 Å². The predicted molar refractivity (Wildman–Crippen MR) is 176 cm³/mol. The minimum absolute atomic E-state index is 0.0419. The van der Waals surface area contributed by atoms with E-state index in [4.69, 9.17) is 23.2 Å². The van der Waals surface area contributed by atoms with Gasteiger partial charge in [-0.15, -0.1) is 0 Å². The van der Waals surface area contributed by atoms with Gasteiger partial charge in [0.15, 0.2) is 0 Å². The highest BCUT2D eigenvalue weighted by Crippen LogP contribution is 2.28. The van der Waals surface area contributed by atoms with Gasteiger partial charge in [0.05, 0.1) is 10.6 Å². The number of hydrogen-bond acceptors (Lipinski definition) is 4. The molecule has 0 heterocycles. The third-order valence-electron chi connectivity index (χ3n) is 6.93. The standard InChI is InChI=1S/C34H35Cl2N3O4S/c1-25(2)22-37-34(41)32(20-26-10-5-3-6-11-26)38(23-27-12-7-4-8-13-27)33(40)24-39(30-15-9-14-29(36)21-30)44(42,43)31-18-16-28(35)17-19-31/h3-19,21,25,32H,20,22-24H2,1-2H3,(H,37,41)/t32-/m0/s1. The molecule has 0 aliphatic rings. The maximum Gasteiger partial charge on any atom is 0.264 e. The molecule has 1 atom stereocenters. The first-order valence-electron chi connectivity index (χ1n) is 14.2. The maximum atomic E-state index is 14.4. The number of anilines is 1. The summed E-state index contributed by atoms with van der Waals surface area (Å²) in [6.45, 7) is 3.93. The summed E-state index contributed by atoms with van der Waals surface area (Å²) >= 11 is 12.3. The summed E-state index contributed by atoms with van der Waals surface area (Å²) in [6.07, 6.45) is 0.241. The topological polar surface area (TPSA) is 86.8 Å². The predicted octanol–water partition coefficient (Wildman–Crippen LogP) is 6.60. The van der Waals surface area contributed by atoms with Gasteiger partial charge in [-0.1, -0.05) is 104 Å². The van der Waals surface area contributed by atoms with Crippen molar-refractivity contribution in [3.05, 3.63) is 130 Å². The fourth-order valence-electron chi connectivity index (χ4n) is 4.65. The smallest absolute Gasteiger partial charge is 0.264 e. The summed E-state index contributed by atoms with van der Waals surface area (Å²) < 4.78 is 29.1. The molecule has 0 aliphatic heterocycles. The number of halogens is 2. The van der Waals surface area contributed by atoms with E-state index in [2.05, 4.69) is 5.32 Å². The molecule has 0 saturated carbocycles. The summed E-state index contributed by atoms with van der Waals surface area (Å²) in [7, 11) is -4.25. The first-order chi connectivity index (χ1) is 21.0. The van der Waals surface area contributed by atoms with Gasteiger partial charge in [0.2, 0.25) is 11.8 Å². The van der Waals surface area contributed by atoms with Crippen molar-refractivity contribution in [1.29, 1.82) is 0 Å². The monoisotopic (exact) mass is 651 g/mol. The highest BCUT2D eigenvalue weighted by atomic mass is 35.5. The van der Waals surface area contributed by atoms with E-state index in [1.807, 2.05) is 74.5 Å². The highest BCUT2D eigenvalue weighted by Gasteiger charge is 2.34. The van der Waals surface area contributed by atoms with E-state index in [-0.39, 0.29) is 35.4 Å². The average Bonchev–Trinajstić information content (AvgIpc) is 3.01. The summed E-state index contributed by atoms with van der Waals surface area (Å²) in [4.78, 5) is 29.6. The Morgan fingerprint density at radius 3 is 1.98 bits per heavy atom. The van der Waals surface area contributed by atoms with Crippen molar-refractivity contribution in [2.45, 2.75) is 37.8 Å². The van der Waals surface area contributed by atoms with Crippen molar-refractivity contribution in [2.24, 2.45) is 5.92 Å². The zero-order valence-corrected chi connectivity index (χ0v) is 26.9. The van der Waals surface area contributed by atoms with Crippen LogP contribution in [0.5, 0.6) is 0 Å². The Hall–Kier alpha value is -3.85. The Morgan fingerprint density at radius 2 is 1.39 bits per heavy atom. The van der Waals surface area contributed by atoms with Crippen LogP contribution in [0.4, 0.5) is 5.69 Å². The normalized spacial score (nSPS) is 12.0. The number of amides is 2. The molecule has 0 spiro atoms. The van der Waals surface area contributed by atoms with Crippen molar-refractivity contribution in [1.82, 2.24) is 10.2 Å². The molecule has 1 N–H and O–H groups in total. The molecule has 44 heavy (non-hydrogen) atoms. The van der Waals surface area contributed by atoms with Crippen molar-refractivity contribution < 1.29 is 18.0 Å². The van der Waals surface area contributed by atoms with E-state index < -0.39 is 28.5 Å². The molecule has 10 heteroatoms. The molecular weight excluding hydrogens is 617 g/mol. The highest BCUT2D eigenvalue weighted by molar-refractivity contribution is 7.92. The lowest BCUT2D eigenvalue weighted by molar-refractivity contribution is -0.140. The second-order valence-electron chi connectivity index (χ2n) is 10.8. The first kappa shape index (κ1) is 33.1. The molecule has 2 amide bonds. The van der Waals surface area contributed by atoms with Crippen LogP contribution >= 0.6 is 23.2 Å². The molecule has 0 saturated heterocycles. The summed E-state index contributed by atoms with van der Waals surface area (Å²) in [5.41, 5.74) is 1.87. The zero-order chi connectivity index (χ0) is 31.7. The molecule has 4 aromatic carbocycles. The molecule has 4 aromatic rings. The van der Waals surface area contributed by atoms with E-state index in [0.29, 0.717) is 16.6 Å². The lowest BCUT2D eigenvalue weighted by Gasteiger charge is -2.34. The van der Waals surface area contributed by atoms with E-state index in [9.17, 15) is 18.0 Å². The van der Waals surface area contributed by atoms with E-state index in [0.717, 1.165) is 15.4 Å². The molecule has 0 unspecified atom stereocenters. The van der Waals surface area contributed by atoms with Crippen molar-refractivity contribution in [3.8, 4) is 0 Å². The van der Waals surface area contributed by atoms with Crippen LogP contribution < -0.4 is 9.62 Å². The van der Waals surface area contributed by atoms with Crippen LogP contribution in [0.2, 0.25) is 10.0 Å². The molecule has 230 valence electrons. The number of nitrogens with zero attached hydrogens (tertiary/aromatic N) is 2. The number of carbonyl (C=O) groups is 2. The number of benzene rings is 4. The van der Waals surface area contributed by atoms with Crippen LogP contribution in [-0.4, -0.2) is 44.3 Å². The SMILES string of the molecule is CC(C)CNC(=O)[C@H](Cc1ccccc1)N(Cc1ccccc1)C(=O)CN(c1cccc(Cl)c1)S(=O)(=O)c1ccc(Cl)cc1. The third-order valence-corrected chi connectivity index (χ3v) is 9.20. The Kier molecular flexibility index (Phi) is 11.4. The first-order valence-corrected chi connectivity index (χ1v) is 16.4. The van der Waals surface area contributed by atoms with Gasteiger partial charge in [-0.3, -0.25) is 13.9 Å². The summed E-state index contributed by atoms with van der Waals surface area (Å²) in [5.74, 6) is -0.675. The van der Waals surface area contributed by atoms with Gasteiger partial charge in [-0.25, -0.2) is 8.42 Å². The van der Waals surface area contributed by atoms with Gasteiger partial charge in [-0.05, 0) is 59.5 Å². The lowest BCUT2D eigenvalue weighted by Crippen LogP contribution is -2.53. The third kappa shape index (κ3) is 8.85. The molecule has 0 aliphatic carbocycles. The van der Waals surface area contributed by atoms with Crippen LogP contribution in [0.1, 0.15) is 25.0 Å². The lowest BCUT2D eigenvalue weighted by atomic mass is 10.0. The van der Waals surface area contributed by atoms with Crippen molar-refractivity contribution in [2.75, 3.05) is 17.4 Å². The van der Waals surface area contributed by atoms with Crippen LogP contribution in [0, 0.1) is 5.92 Å². The fourth-order valence-corrected chi connectivity index (χ4v) is 6.37. The largest absolute Gasteiger partial charge is 0.354 e. The fraction of sp³-hybridized carbons (Fsp3) is 0.235. The number of hydrogen-bond donors (Lipinski definition) is 1. The molecule has 0 bridgehead atoms. The molecule has 0 aromatic heterocycles. The zero-order valence-electron chi connectivity index (χ0n) is 24.6. The van der Waals surface area contributed by atoms with Gasteiger partial charge in [-0.2, -0.15) is 0 Å². The Balaban J connectivity index is 1.78. The van der Waals surface area contributed by atoms with Gasteiger partial charge < -0.3 is 10.2 Å². The van der Waals surface area contributed by atoms with E-state index in [1.165, 1.54) is 35.2 Å². The van der Waals surface area contributed by atoms with Gasteiger partial charge in [0.25, 0.3) is 10.0 Å². The molecule has 4 rings (SSSR count). The van der Waals surface area contributed by atoms with E-state index >= 15 is 0 Å². The van der Waals surface area contributed by atoms with Crippen molar-refractivity contribution >= 4 is 50.7 Å². The Bertz CT molecular complexity index is 1650. The van der Waals surface area contributed by atoms with E-state index in [1.54, 1.807) is 18.2 Å². The quantitative estimate of drug-likeness (QED) is 0.176. The average molecular weight is 653 g/mol.